The minimum absolute atomic E-state index is 0.160. The normalized spacial score (nSPS) is 13.8. The van der Waals surface area contributed by atoms with Crippen molar-refractivity contribution in [1.82, 2.24) is 15.0 Å². The standard InChI is InChI=1S/C22H21N5O2S/c1-14-8-9-18(29-14)22-23-15(13-30-22)12-19(28)26-20-21(27-10-4-5-11-27)25-17-7-3-2-6-16(17)24-20/h2-3,6-9,13H,4-5,10-12H2,1H3,(H,24,26,28). The van der Waals surface area contributed by atoms with Crippen molar-refractivity contribution in [1.29, 1.82) is 0 Å². The molecule has 152 valence electrons. The number of fused-ring (bicyclic) bond motifs is 1. The second-order valence-corrected chi connectivity index (χ2v) is 8.22. The van der Waals surface area contributed by atoms with Gasteiger partial charge in [0, 0.05) is 18.5 Å². The van der Waals surface area contributed by atoms with Crippen LogP contribution in [0.1, 0.15) is 24.3 Å². The number of nitrogens with one attached hydrogen (secondary N) is 1. The Morgan fingerprint density at radius 2 is 1.87 bits per heavy atom. The highest BCUT2D eigenvalue weighted by Gasteiger charge is 2.21. The molecule has 1 amide bonds. The Balaban J connectivity index is 1.37. The van der Waals surface area contributed by atoms with E-state index in [0.29, 0.717) is 11.5 Å². The number of carbonyl (C=O) groups excluding carboxylic acids is 1. The van der Waals surface area contributed by atoms with Crippen LogP contribution >= 0.6 is 11.3 Å². The molecule has 5 rings (SSSR count). The number of hydrogen-bond acceptors (Lipinski definition) is 7. The number of rotatable bonds is 5. The van der Waals surface area contributed by atoms with Gasteiger partial charge in [-0.2, -0.15) is 0 Å². The van der Waals surface area contributed by atoms with Gasteiger partial charge in [0.25, 0.3) is 0 Å². The van der Waals surface area contributed by atoms with Crippen LogP contribution in [0.5, 0.6) is 0 Å². The molecule has 8 heteroatoms. The summed E-state index contributed by atoms with van der Waals surface area (Å²) in [4.78, 5) is 29.0. The third-order valence-corrected chi connectivity index (χ3v) is 5.97. The highest BCUT2D eigenvalue weighted by atomic mass is 32.1. The molecule has 0 saturated carbocycles. The Kier molecular flexibility index (Phi) is 4.92. The molecule has 1 aromatic carbocycles. The first-order valence-corrected chi connectivity index (χ1v) is 10.9. The quantitative estimate of drug-likeness (QED) is 0.515. The van der Waals surface area contributed by atoms with Crippen LogP contribution in [0, 0.1) is 6.92 Å². The minimum Gasteiger partial charge on any atom is -0.459 e. The van der Waals surface area contributed by atoms with E-state index in [1.807, 2.05) is 48.7 Å². The van der Waals surface area contributed by atoms with Crippen LogP contribution in [0.25, 0.3) is 21.8 Å². The zero-order valence-electron chi connectivity index (χ0n) is 16.6. The van der Waals surface area contributed by atoms with E-state index in [4.69, 9.17) is 9.40 Å². The second kappa shape index (κ2) is 7.87. The van der Waals surface area contributed by atoms with Gasteiger partial charge in [0.15, 0.2) is 22.4 Å². The number of carbonyl (C=O) groups is 1. The summed E-state index contributed by atoms with van der Waals surface area (Å²) in [7, 11) is 0. The van der Waals surface area contributed by atoms with Crippen molar-refractivity contribution in [3.8, 4) is 10.8 Å². The molecule has 1 saturated heterocycles. The molecular weight excluding hydrogens is 398 g/mol. The summed E-state index contributed by atoms with van der Waals surface area (Å²) in [6, 6.07) is 11.5. The predicted octanol–water partition coefficient (Wildman–Crippen LogP) is 4.44. The zero-order valence-corrected chi connectivity index (χ0v) is 17.4. The molecule has 0 atom stereocenters. The van der Waals surface area contributed by atoms with Crippen LogP contribution < -0.4 is 10.2 Å². The first-order chi connectivity index (χ1) is 14.7. The van der Waals surface area contributed by atoms with Crippen LogP contribution in [0.15, 0.2) is 46.2 Å². The Hall–Kier alpha value is -3.26. The summed E-state index contributed by atoms with van der Waals surface area (Å²) >= 11 is 1.47. The van der Waals surface area contributed by atoms with E-state index >= 15 is 0 Å². The molecule has 1 fully saturated rings. The second-order valence-electron chi connectivity index (χ2n) is 7.36. The molecule has 1 aliphatic heterocycles. The number of anilines is 2. The maximum absolute atomic E-state index is 12.8. The molecule has 0 unspecified atom stereocenters. The van der Waals surface area contributed by atoms with Crippen LogP contribution in [-0.4, -0.2) is 33.9 Å². The molecule has 1 N–H and O–H groups in total. The van der Waals surface area contributed by atoms with Crippen LogP contribution in [-0.2, 0) is 11.2 Å². The number of para-hydroxylation sites is 2. The number of nitrogens with zero attached hydrogens (tertiary/aromatic N) is 4. The first-order valence-electron chi connectivity index (χ1n) is 9.98. The van der Waals surface area contributed by atoms with Gasteiger partial charge in [-0.1, -0.05) is 12.1 Å². The average Bonchev–Trinajstić information content (AvgIpc) is 3.49. The van der Waals surface area contributed by atoms with Crippen molar-refractivity contribution in [3.63, 3.8) is 0 Å². The summed E-state index contributed by atoms with van der Waals surface area (Å²) in [5.41, 5.74) is 2.30. The van der Waals surface area contributed by atoms with Crippen molar-refractivity contribution in [2.24, 2.45) is 0 Å². The number of thiazole rings is 1. The van der Waals surface area contributed by atoms with Gasteiger partial charge in [0.05, 0.1) is 23.1 Å². The lowest BCUT2D eigenvalue weighted by molar-refractivity contribution is -0.115. The monoisotopic (exact) mass is 419 g/mol. The van der Waals surface area contributed by atoms with Gasteiger partial charge in [0.2, 0.25) is 5.91 Å². The number of amides is 1. The fraction of sp³-hybridized carbons (Fsp3) is 0.273. The van der Waals surface area contributed by atoms with Crippen molar-refractivity contribution in [3.05, 3.63) is 53.2 Å². The fourth-order valence-corrected chi connectivity index (χ4v) is 4.40. The number of aryl methyl sites for hydroxylation is 1. The molecule has 0 bridgehead atoms. The lowest BCUT2D eigenvalue weighted by Crippen LogP contribution is -2.24. The Morgan fingerprint density at radius 3 is 2.60 bits per heavy atom. The van der Waals surface area contributed by atoms with Crippen molar-refractivity contribution < 1.29 is 9.21 Å². The van der Waals surface area contributed by atoms with E-state index in [0.717, 1.165) is 59.3 Å². The van der Waals surface area contributed by atoms with Crippen LogP contribution in [0.2, 0.25) is 0 Å². The smallest absolute Gasteiger partial charge is 0.231 e. The third-order valence-electron chi connectivity index (χ3n) is 5.06. The van der Waals surface area contributed by atoms with E-state index < -0.39 is 0 Å². The maximum atomic E-state index is 12.8. The number of hydrogen-bond donors (Lipinski definition) is 1. The largest absolute Gasteiger partial charge is 0.459 e. The SMILES string of the molecule is Cc1ccc(-c2nc(CC(=O)Nc3nc4ccccc4nc3N3CCCC3)cs2)o1. The molecular formula is C22H21N5O2S. The van der Waals surface area contributed by atoms with Crippen LogP contribution in [0.3, 0.4) is 0 Å². The summed E-state index contributed by atoms with van der Waals surface area (Å²) in [5, 5.41) is 5.63. The van der Waals surface area contributed by atoms with Crippen molar-refractivity contribution in [2.45, 2.75) is 26.2 Å². The van der Waals surface area contributed by atoms with Gasteiger partial charge in [0.1, 0.15) is 5.76 Å². The fourth-order valence-electron chi connectivity index (χ4n) is 3.62. The lowest BCUT2D eigenvalue weighted by atomic mass is 10.3. The molecule has 0 spiro atoms. The van der Waals surface area contributed by atoms with Gasteiger partial charge < -0.3 is 14.6 Å². The Bertz CT molecular complexity index is 1210. The molecule has 0 radical (unpaired) electrons. The lowest BCUT2D eigenvalue weighted by Gasteiger charge is -2.20. The molecule has 0 aliphatic carbocycles. The van der Waals surface area contributed by atoms with E-state index in [1.54, 1.807) is 0 Å². The average molecular weight is 420 g/mol. The molecule has 1 aliphatic rings. The summed E-state index contributed by atoms with van der Waals surface area (Å²) in [6.07, 6.45) is 2.41. The van der Waals surface area contributed by atoms with Crippen LogP contribution in [0.4, 0.5) is 11.6 Å². The predicted molar refractivity (Wildman–Crippen MR) is 118 cm³/mol. The third kappa shape index (κ3) is 3.78. The topological polar surface area (TPSA) is 84.2 Å². The van der Waals surface area contributed by atoms with Gasteiger partial charge in [-0.05, 0) is 44.0 Å². The molecule has 3 aromatic heterocycles. The Labute approximate surface area is 177 Å². The summed E-state index contributed by atoms with van der Waals surface area (Å²) < 4.78 is 5.62. The highest BCUT2D eigenvalue weighted by molar-refractivity contribution is 7.13. The van der Waals surface area contributed by atoms with E-state index in [2.05, 4.69) is 20.2 Å². The molecule has 7 nitrogen and oxygen atoms in total. The molecule has 4 heterocycles. The maximum Gasteiger partial charge on any atom is 0.231 e. The molecule has 30 heavy (non-hydrogen) atoms. The molecule has 4 aromatic rings. The summed E-state index contributed by atoms with van der Waals surface area (Å²) in [5.74, 6) is 2.65. The van der Waals surface area contributed by atoms with Crippen molar-refractivity contribution >= 4 is 39.9 Å². The minimum atomic E-state index is -0.160. The van der Waals surface area contributed by atoms with E-state index in [-0.39, 0.29) is 12.3 Å². The van der Waals surface area contributed by atoms with Gasteiger partial charge in [-0.25, -0.2) is 15.0 Å². The zero-order chi connectivity index (χ0) is 20.5. The number of aromatic nitrogens is 3. The van der Waals surface area contributed by atoms with Gasteiger partial charge in [-0.15, -0.1) is 11.3 Å². The highest BCUT2D eigenvalue weighted by Crippen LogP contribution is 2.29. The number of furan rings is 1. The van der Waals surface area contributed by atoms with E-state index in [9.17, 15) is 4.79 Å². The summed E-state index contributed by atoms with van der Waals surface area (Å²) in [6.45, 7) is 3.75. The van der Waals surface area contributed by atoms with Crippen molar-refractivity contribution in [2.75, 3.05) is 23.3 Å². The van der Waals surface area contributed by atoms with Gasteiger partial charge in [-0.3, -0.25) is 4.79 Å². The van der Waals surface area contributed by atoms with Gasteiger partial charge >= 0.3 is 0 Å². The Morgan fingerprint density at radius 1 is 1.10 bits per heavy atom. The number of benzene rings is 1. The van der Waals surface area contributed by atoms with E-state index in [1.165, 1.54) is 11.3 Å². The first kappa shape index (κ1) is 18.7.